The van der Waals surface area contributed by atoms with Gasteiger partial charge in [0.05, 0.1) is 24.2 Å². The molecule has 0 aliphatic carbocycles. The number of hydrogen-bond donors (Lipinski definition) is 0. The van der Waals surface area contributed by atoms with E-state index < -0.39 is 5.97 Å². The van der Waals surface area contributed by atoms with Crippen molar-refractivity contribution in [2.24, 2.45) is 5.10 Å². The zero-order chi connectivity index (χ0) is 21.9. The number of benzene rings is 2. The van der Waals surface area contributed by atoms with Crippen LogP contribution in [0.15, 0.2) is 56.8 Å². The average molecular weight is 472 g/mol. The molecule has 0 radical (unpaired) electrons. The lowest BCUT2D eigenvalue weighted by Crippen LogP contribution is -2.29. The Balaban J connectivity index is 1.96. The number of methoxy groups -OCH3 is 1. The van der Waals surface area contributed by atoms with Crippen LogP contribution in [-0.4, -0.2) is 35.6 Å². The maximum atomic E-state index is 13.1. The molecule has 30 heavy (non-hydrogen) atoms. The highest BCUT2D eigenvalue weighted by Gasteiger charge is 2.22. The molecule has 0 unspecified atom stereocenters. The smallest absolute Gasteiger partial charge is 0.343 e. The summed E-state index contributed by atoms with van der Waals surface area (Å²) < 4.78 is 12.0. The molecule has 0 fully saturated rings. The van der Waals surface area contributed by atoms with E-state index in [0.717, 1.165) is 10.0 Å². The molecular formula is C22H22BrN3O4. The van der Waals surface area contributed by atoms with Crippen molar-refractivity contribution in [2.45, 2.75) is 26.2 Å². The van der Waals surface area contributed by atoms with Crippen LogP contribution in [0.3, 0.4) is 0 Å². The molecule has 0 aliphatic rings. The molecule has 1 heterocycles. The van der Waals surface area contributed by atoms with Crippen molar-refractivity contribution in [3.63, 3.8) is 0 Å². The van der Waals surface area contributed by atoms with E-state index in [4.69, 9.17) is 4.74 Å². The standard InChI is InChI=1S/C22H22BrN3O4/c1-22(2,3)21-25-18-10-7-15(23)11-17(18)20(28)26(21)24-12-14-5-8-16(9-6-14)30-13-19(27)29-4/h5-12H,13H2,1-4H3. The first kappa shape index (κ1) is 21.7. The van der Waals surface area contributed by atoms with Crippen LogP contribution in [0.2, 0.25) is 0 Å². The fourth-order valence-corrected chi connectivity index (χ4v) is 3.08. The summed E-state index contributed by atoms with van der Waals surface area (Å²) in [7, 11) is 1.30. The second-order valence-electron chi connectivity index (χ2n) is 7.64. The highest BCUT2D eigenvalue weighted by atomic mass is 79.9. The number of hydrogen-bond acceptors (Lipinski definition) is 6. The third kappa shape index (κ3) is 4.94. The normalized spacial score (nSPS) is 11.8. The SMILES string of the molecule is COC(=O)COc1ccc(C=Nn2c(C(C)(C)C)nc3ccc(Br)cc3c2=O)cc1. The van der Waals surface area contributed by atoms with E-state index in [2.05, 4.69) is 30.8 Å². The van der Waals surface area contributed by atoms with Crippen LogP contribution < -0.4 is 10.3 Å². The lowest BCUT2D eigenvalue weighted by molar-refractivity contribution is -0.142. The number of fused-ring (bicyclic) bond motifs is 1. The molecule has 0 spiro atoms. The van der Waals surface area contributed by atoms with Crippen LogP contribution in [0, 0.1) is 0 Å². The highest BCUT2D eigenvalue weighted by Crippen LogP contribution is 2.23. The number of ether oxygens (including phenoxy) is 2. The Bertz CT molecular complexity index is 1160. The maximum absolute atomic E-state index is 13.1. The molecule has 156 valence electrons. The Kier molecular flexibility index (Phi) is 6.36. The van der Waals surface area contributed by atoms with Gasteiger partial charge in [0.15, 0.2) is 6.61 Å². The van der Waals surface area contributed by atoms with E-state index >= 15 is 0 Å². The second-order valence-corrected chi connectivity index (χ2v) is 8.56. The number of carbonyl (C=O) groups is 1. The van der Waals surface area contributed by atoms with Crippen molar-refractivity contribution in [1.82, 2.24) is 9.66 Å². The number of rotatable bonds is 5. The zero-order valence-electron chi connectivity index (χ0n) is 17.2. The first-order chi connectivity index (χ1) is 14.2. The Morgan fingerprint density at radius 1 is 1.20 bits per heavy atom. The molecule has 3 aromatic rings. The summed E-state index contributed by atoms with van der Waals surface area (Å²) in [5.41, 5.74) is 0.775. The Hall–Kier alpha value is -3.00. The molecule has 0 bridgehead atoms. The van der Waals surface area contributed by atoms with Gasteiger partial charge in [-0.3, -0.25) is 4.79 Å². The zero-order valence-corrected chi connectivity index (χ0v) is 18.8. The number of esters is 1. The van der Waals surface area contributed by atoms with Crippen molar-refractivity contribution < 1.29 is 14.3 Å². The van der Waals surface area contributed by atoms with Gasteiger partial charge in [-0.2, -0.15) is 9.78 Å². The molecule has 0 saturated heterocycles. The maximum Gasteiger partial charge on any atom is 0.343 e. The van der Waals surface area contributed by atoms with Crippen LogP contribution in [0.5, 0.6) is 5.75 Å². The van der Waals surface area contributed by atoms with E-state index in [1.165, 1.54) is 11.8 Å². The minimum absolute atomic E-state index is 0.160. The van der Waals surface area contributed by atoms with Crippen LogP contribution >= 0.6 is 15.9 Å². The van der Waals surface area contributed by atoms with Crippen LogP contribution in [0.4, 0.5) is 0 Å². The van der Waals surface area contributed by atoms with Gasteiger partial charge < -0.3 is 9.47 Å². The fraction of sp³-hybridized carbons (Fsp3) is 0.273. The minimum Gasteiger partial charge on any atom is -0.482 e. The van der Waals surface area contributed by atoms with Gasteiger partial charge in [0, 0.05) is 9.89 Å². The van der Waals surface area contributed by atoms with E-state index in [1.54, 1.807) is 36.5 Å². The van der Waals surface area contributed by atoms with Crippen molar-refractivity contribution in [3.8, 4) is 5.75 Å². The largest absolute Gasteiger partial charge is 0.482 e. The van der Waals surface area contributed by atoms with E-state index in [-0.39, 0.29) is 17.6 Å². The molecule has 0 N–H and O–H groups in total. The average Bonchev–Trinajstić information content (AvgIpc) is 2.71. The van der Waals surface area contributed by atoms with Crippen LogP contribution in [-0.2, 0) is 14.9 Å². The van der Waals surface area contributed by atoms with Crippen molar-refractivity contribution in [2.75, 3.05) is 13.7 Å². The molecule has 0 saturated carbocycles. The molecule has 2 aromatic carbocycles. The Morgan fingerprint density at radius 2 is 1.90 bits per heavy atom. The number of halogens is 1. The molecule has 7 nitrogen and oxygen atoms in total. The number of nitrogens with zero attached hydrogens (tertiary/aromatic N) is 3. The Labute approximate surface area is 182 Å². The summed E-state index contributed by atoms with van der Waals surface area (Å²) in [6.45, 7) is 5.80. The first-order valence-corrected chi connectivity index (χ1v) is 10.0. The lowest BCUT2D eigenvalue weighted by atomic mass is 9.95. The van der Waals surface area contributed by atoms with Crippen molar-refractivity contribution in [3.05, 3.63) is 68.7 Å². The third-order valence-corrected chi connectivity index (χ3v) is 4.76. The number of carbonyl (C=O) groups excluding carboxylic acids is 1. The van der Waals surface area contributed by atoms with Crippen LogP contribution in [0.1, 0.15) is 32.2 Å². The molecule has 0 atom stereocenters. The summed E-state index contributed by atoms with van der Waals surface area (Å²) in [5, 5.41) is 4.91. The van der Waals surface area contributed by atoms with Crippen molar-refractivity contribution in [1.29, 1.82) is 0 Å². The predicted octanol–water partition coefficient (Wildman–Crippen LogP) is 3.89. The van der Waals surface area contributed by atoms with Gasteiger partial charge in [-0.25, -0.2) is 9.78 Å². The highest BCUT2D eigenvalue weighted by molar-refractivity contribution is 9.10. The van der Waals surface area contributed by atoms with Gasteiger partial charge in [-0.05, 0) is 48.0 Å². The van der Waals surface area contributed by atoms with E-state index in [0.29, 0.717) is 22.5 Å². The number of aromatic nitrogens is 2. The third-order valence-electron chi connectivity index (χ3n) is 4.27. The minimum atomic E-state index is -0.454. The van der Waals surface area contributed by atoms with Gasteiger partial charge in [0.25, 0.3) is 5.56 Å². The van der Waals surface area contributed by atoms with Gasteiger partial charge >= 0.3 is 5.97 Å². The summed E-state index contributed by atoms with van der Waals surface area (Å²) in [6.07, 6.45) is 1.59. The molecule has 0 amide bonds. The summed E-state index contributed by atoms with van der Waals surface area (Å²) in [6, 6.07) is 12.4. The van der Waals surface area contributed by atoms with Crippen molar-refractivity contribution >= 4 is 39.0 Å². The topological polar surface area (TPSA) is 82.8 Å². The molecular weight excluding hydrogens is 450 g/mol. The molecule has 8 heteroatoms. The second kappa shape index (κ2) is 8.79. The summed E-state index contributed by atoms with van der Waals surface area (Å²) in [4.78, 5) is 29.0. The predicted molar refractivity (Wildman–Crippen MR) is 119 cm³/mol. The lowest BCUT2D eigenvalue weighted by Gasteiger charge is -2.20. The molecule has 3 rings (SSSR count). The van der Waals surface area contributed by atoms with Crippen LogP contribution in [0.25, 0.3) is 10.9 Å². The quantitative estimate of drug-likeness (QED) is 0.416. The Morgan fingerprint density at radius 3 is 2.53 bits per heavy atom. The molecule has 1 aromatic heterocycles. The van der Waals surface area contributed by atoms with E-state index in [9.17, 15) is 9.59 Å². The fourth-order valence-electron chi connectivity index (χ4n) is 2.72. The van der Waals surface area contributed by atoms with Gasteiger partial charge in [0.2, 0.25) is 0 Å². The van der Waals surface area contributed by atoms with E-state index in [1.807, 2.05) is 32.9 Å². The van der Waals surface area contributed by atoms with Gasteiger partial charge in [-0.15, -0.1) is 0 Å². The van der Waals surface area contributed by atoms with Gasteiger partial charge in [-0.1, -0.05) is 36.7 Å². The monoisotopic (exact) mass is 471 g/mol. The summed E-state index contributed by atoms with van der Waals surface area (Å²) in [5.74, 6) is 0.643. The molecule has 0 aliphatic heterocycles. The summed E-state index contributed by atoms with van der Waals surface area (Å²) >= 11 is 3.40. The first-order valence-electron chi connectivity index (χ1n) is 9.26. The van der Waals surface area contributed by atoms with Gasteiger partial charge in [0.1, 0.15) is 11.6 Å².